The zero-order valence-electron chi connectivity index (χ0n) is 29.2. The molecule has 3 aromatic heterocycles. The number of fused-ring (bicyclic) bond motifs is 9. The normalized spacial score (nSPS) is 12.1. The van der Waals surface area contributed by atoms with Gasteiger partial charge >= 0.3 is 0 Å². The van der Waals surface area contributed by atoms with Crippen molar-refractivity contribution in [3.8, 4) is 55.9 Å². The topological polar surface area (TPSA) is 22.8 Å². The molecule has 11 aromatic rings. The number of aromatic nitrogens is 3. The monoisotopic (exact) mass is 685 g/mol. The number of rotatable bonds is 4. The predicted octanol–water partition coefficient (Wildman–Crippen LogP) is 13.4. The second-order valence-electron chi connectivity index (χ2n) is 14.4. The Hall–Kier alpha value is -7.23. The fourth-order valence-corrected chi connectivity index (χ4v) is 9.12. The molecular formula is C51H31N3. The molecule has 3 heterocycles. The van der Waals surface area contributed by atoms with Gasteiger partial charge in [-0.2, -0.15) is 0 Å². The van der Waals surface area contributed by atoms with E-state index < -0.39 is 0 Å². The maximum absolute atomic E-state index is 4.46. The molecular weight excluding hydrogens is 655 g/mol. The van der Waals surface area contributed by atoms with E-state index in [-0.39, 0.29) is 0 Å². The van der Waals surface area contributed by atoms with Crippen LogP contribution in [0.1, 0.15) is 0 Å². The fourth-order valence-electron chi connectivity index (χ4n) is 9.12. The Balaban J connectivity index is 1.07. The van der Waals surface area contributed by atoms with Gasteiger partial charge in [-0.1, -0.05) is 91.0 Å². The quantitative estimate of drug-likeness (QED) is 0.181. The van der Waals surface area contributed by atoms with Crippen molar-refractivity contribution in [2.75, 3.05) is 0 Å². The van der Waals surface area contributed by atoms with Crippen LogP contribution in [-0.4, -0.2) is 14.1 Å². The molecule has 250 valence electrons. The van der Waals surface area contributed by atoms with Gasteiger partial charge in [0.15, 0.2) is 0 Å². The molecule has 0 amide bonds. The van der Waals surface area contributed by atoms with E-state index >= 15 is 0 Å². The average molecular weight is 686 g/mol. The number of para-hydroxylation sites is 3. The van der Waals surface area contributed by atoms with Crippen molar-refractivity contribution in [1.82, 2.24) is 14.1 Å². The van der Waals surface area contributed by atoms with E-state index in [1.165, 1.54) is 105 Å². The zero-order chi connectivity index (χ0) is 35.3. The maximum atomic E-state index is 4.46. The molecule has 0 spiro atoms. The van der Waals surface area contributed by atoms with Crippen molar-refractivity contribution in [3.63, 3.8) is 0 Å². The molecule has 0 unspecified atom stereocenters. The second kappa shape index (κ2) is 11.1. The number of hydrogen-bond donors (Lipinski definition) is 0. The third-order valence-corrected chi connectivity index (χ3v) is 11.5. The predicted molar refractivity (Wildman–Crippen MR) is 226 cm³/mol. The summed E-state index contributed by atoms with van der Waals surface area (Å²) in [4.78, 5) is 4.46. The lowest BCUT2D eigenvalue weighted by atomic mass is 9.95. The Labute approximate surface area is 311 Å². The van der Waals surface area contributed by atoms with Gasteiger partial charge in [-0.05, 0) is 135 Å². The van der Waals surface area contributed by atoms with Crippen LogP contribution in [0.3, 0.4) is 0 Å². The minimum absolute atomic E-state index is 1.16. The van der Waals surface area contributed by atoms with Crippen molar-refractivity contribution >= 4 is 54.4 Å². The van der Waals surface area contributed by atoms with Gasteiger partial charge in [0.05, 0.1) is 22.1 Å². The van der Waals surface area contributed by atoms with Crippen molar-refractivity contribution in [2.24, 2.45) is 0 Å². The Morgan fingerprint density at radius 1 is 0.333 bits per heavy atom. The number of nitrogens with zero attached hydrogens (tertiary/aromatic N) is 3. The molecule has 8 aromatic carbocycles. The molecule has 1 aliphatic rings. The molecule has 0 saturated heterocycles. The van der Waals surface area contributed by atoms with Gasteiger partial charge in [0.25, 0.3) is 0 Å². The number of benzene rings is 8. The Kier molecular flexibility index (Phi) is 6.05. The zero-order valence-corrected chi connectivity index (χ0v) is 29.2. The number of hydrogen-bond acceptors (Lipinski definition) is 1. The molecule has 0 saturated carbocycles. The molecule has 12 rings (SSSR count). The number of pyridine rings is 1. The summed E-state index contributed by atoms with van der Waals surface area (Å²) in [5, 5.41) is 7.57. The van der Waals surface area contributed by atoms with Crippen LogP contribution in [0.15, 0.2) is 188 Å². The smallest absolute Gasteiger partial charge is 0.0541 e. The van der Waals surface area contributed by atoms with Gasteiger partial charge in [0.1, 0.15) is 0 Å². The van der Waals surface area contributed by atoms with E-state index in [4.69, 9.17) is 0 Å². The highest BCUT2D eigenvalue weighted by atomic mass is 15.0. The van der Waals surface area contributed by atoms with E-state index in [1.54, 1.807) is 0 Å². The molecule has 0 fully saturated rings. The van der Waals surface area contributed by atoms with Crippen molar-refractivity contribution in [3.05, 3.63) is 188 Å². The van der Waals surface area contributed by atoms with E-state index in [0.29, 0.717) is 0 Å². The van der Waals surface area contributed by atoms with Gasteiger partial charge in [-0.3, -0.25) is 4.98 Å². The van der Waals surface area contributed by atoms with Crippen LogP contribution < -0.4 is 0 Å². The van der Waals surface area contributed by atoms with Crippen LogP contribution in [0, 0.1) is 0 Å². The molecule has 0 aliphatic heterocycles. The molecule has 3 nitrogen and oxygen atoms in total. The summed E-state index contributed by atoms with van der Waals surface area (Å²) in [5.41, 5.74) is 17.0. The first kappa shape index (κ1) is 29.4. The highest BCUT2D eigenvalue weighted by Gasteiger charge is 2.23. The van der Waals surface area contributed by atoms with Gasteiger partial charge < -0.3 is 9.13 Å². The minimum Gasteiger partial charge on any atom is -0.309 e. The lowest BCUT2D eigenvalue weighted by Gasteiger charge is -2.10. The lowest BCUT2D eigenvalue weighted by molar-refractivity contribution is 1.18. The molecule has 0 radical (unpaired) electrons. The van der Waals surface area contributed by atoms with Crippen LogP contribution >= 0.6 is 0 Å². The van der Waals surface area contributed by atoms with Crippen LogP contribution in [0.4, 0.5) is 0 Å². The first-order chi connectivity index (χ1) is 26.8. The summed E-state index contributed by atoms with van der Waals surface area (Å²) in [6, 6.07) is 64.6. The highest BCUT2D eigenvalue weighted by Crippen LogP contribution is 2.48. The Morgan fingerprint density at radius 2 is 0.889 bits per heavy atom. The van der Waals surface area contributed by atoms with Crippen LogP contribution in [0.25, 0.3) is 110 Å². The Morgan fingerprint density at radius 3 is 1.54 bits per heavy atom. The van der Waals surface area contributed by atoms with Crippen LogP contribution in [-0.2, 0) is 0 Å². The van der Waals surface area contributed by atoms with Gasteiger partial charge in [0.2, 0.25) is 0 Å². The Bertz CT molecular complexity index is 3310. The van der Waals surface area contributed by atoms with E-state index in [2.05, 4.69) is 190 Å². The SMILES string of the molecule is c1ccc(-n2c3ccccc3c3cc(-c4ccc5c(c4)c4cc(-c6cc7c8c(cccc8c6)-c6cnccc6-7)ccc4n5-c4ccccc4)ccc32)cc1. The van der Waals surface area contributed by atoms with Crippen LogP contribution in [0.5, 0.6) is 0 Å². The molecule has 1 aliphatic carbocycles. The lowest BCUT2D eigenvalue weighted by Crippen LogP contribution is -1.93. The first-order valence-electron chi connectivity index (χ1n) is 18.5. The minimum atomic E-state index is 1.16. The molecule has 0 atom stereocenters. The van der Waals surface area contributed by atoms with Gasteiger partial charge in [-0.25, -0.2) is 0 Å². The van der Waals surface area contributed by atoms with Crippen molar-refractivity contribution in [1.29, 1.82) is 0 Å². The summed E-state index contributed by atoms with van der Waals surface area (Å²) in [5.74, 6) is 0. The maximum Gasteiger partial charge on any atom is 0.0541 e. The third kappa shape index (κ3) is 4.15. The summed E-state index contributed by atoms with van der Waals surface area (Å²) in [6.45, 7) is 0. The molecule has 0 N–H and O–H groups in total. The first-order valence-corrected chi connectivity index (χ1v) is 18.5. The summed E-state index contributed by atoms with van der Waals surface area (Å²) >= 11 is 0. The van der Waals surface area contributed by atoms with E-state index in [9.17, 15) is 0 Å². The molecule has 0 bridgehead atoms. The van der Waals surface area contributed by atoms with Crippen LogP contribution in [0.2, 0.25) is 0 Å². The molecule has 54 heavy (non-hydrogen) atoms. The summed E-state index contributed by atoms with van der Waals surface area (Å²) < 4.78 is 4.78. The third-order valence-electron chi connectivity index (χ3n) is 11.5. The highest BCUT2D eigenvalue weighted by molar-refractivity contribution is 6.17. The van der Waals surface area contributed by atoms with Crippen molar-refractivity contribution < 1.29 is 0 Å². The van der Waals surface area contributed by atoms with E-state index in [1.807, 2.05) is 12.4 Å². The van der Waals surface area contributed by atoms with Gasteiger partial charge in [0, 0.05) is 50.9 Å². The largest absolute Gasteiger partial charge is 0.309 e. The molecule has 3 heteroatoms. The fraction of sp³-hybridized carbons (Fsp3) is 0. The second-order valence-corrected chi connectivity index (χ2v) is 14.4. The average Bonchev–Trinajstić information content (AvgIpc) is 3.87. The standard InChI is InChI=1S/C51H31N3/c1-3-11-37(12-4-1)53-47-17-8-7-15-40(47)42-27-32(18-21-48(42)53)33-19-22-49-43(28-33)44-29-34(20-23-50(44)54(49)38-13-5-2-6-14-38)36-26-35-10-9-16-41-46-31-52-25-24-39(46)45(30-36)51(35)41/h1-31H. The van der Waals surface area contributed by atoms with Gasteiger partial charge in [-0.15, -0.1) is 0 Å². The van der Waals surface area contributed by atoms with E-state index in [0.717, 1.165) is 5.69 Å². The summed E-state index contributed by atoms with van der Waals surface area (Å²) in [6.07, 6.45) is 3.91. The summed E-state index contributed by atoms with van der Waals surface area (Å²) in [7, 11) is 0. The van der Waals surface area contributed by atoms with Crippen molar-refractivity contribution in [2.45, 2.75) is 0 Å².